The van der Waals surface area contributed by atoms with Crippen molar-refractivity contribution in [2.75, 3.05) is 20.2 Å². The van der Waals surface area contributed by atoms with Crippen molar-refractivity contribution in [1.29, 1.82) is 0 Å². The van der Waals surface area contributed by atoms with E-state index in [0.29, 0.717) is 37.2 Å². The van der Waals surface area contributed by atoms with Gasteiger partial charge in [-0.15, -0.1) is 0 Å². The number of carbonyl (C=O) groups is 1. The smallest absolute Gasteiger partial charge is 0.254 e. The molecule has 1 N–H and O–H groups in total. The Morgan fingerprint density at radius 1 is 1.03 bits per heavy atom. The second kappa shape index (κ2) is 8.55. The molecule has 6 nitrogen and oxygen atoms in total. The van der Waals surface area contributed by atoms with Gasteiger partial charge in [-0.1, -0.05) is 18.2 Å². The van der Waals surface area contributed by atoms with Gasteiger partial charge in [0.2, 0.25) is 10.0 Å². The van der Waals surface area contributed by atoms with Crippen molar-refractivity contribution in [2.45, 2.75) is 44.6 Å². The number of hydrogen-bond acceptors (Lipinski definition) is 4. The maximum atomic E-state index is 13.0. The van der Waals surface area contributed by atoms with Gasteiger partial charge in [-0.05, 0) is 68.5 Å². The summed E-state index contributed by atoms with van der Waals surface area (Å²) in [5, 5.41) is 0. The maximum Gasteiger partial charge on any atom is 0.254 e. The summed E-state index contributed by atoms with van der Waals surface area (Å²) < 4.78 is 34.0. The highest BCUT2D eigenvalue weighted by molar-refractivity contribution is 7.89. The number of likely N-dealkylation sites (tertiary alicyclic amines) is 1. The molecule has 1 saturated heterocycles. The first-order valence-corrected chi connectivity index (χ1v) is 11.2. The van der Waals surface area contributed by atoms with E-state index in [2.05, 4.69) is 4.72 Å². The van der Waals surface area contributed by atoms with E-state index in [9.17, 15) is 13.2 Å². The van der Waals surface area contributed by atoms with Crippen molar-refractivity contribution in [3.05, 3.63) is 58.7 Å². The van der Waals surface area contributed by atoms with Crippen LogP contribution in [0.1, 0.15) is 39.9 Å². The summed E-state index contributed by atoms with van der Waals surface area (Å²) >= 11 is 0. The van der Waals surface area contributed by atoms with E-state index >= 15 is 0 Å². The van der Waals surface area contributed by atoms with E-state index in [0.717, 1.165) is 16.7 Å². The highest BCUT2D eigenvalue weighted by Gasteiger charge is 2.29. The fourth-order valence-electron chi connectivity index (χ4n) is 3.60. The van der Waals surface area contributed by atoms with Crippen LogP contribution in [0.4, 0.5) is 0 Å². The lowest BCUT2D eigenvalue weighted by molar-refractivity contribution is 0.0710. The van der Waals surface area contributed by atoms with E-state index in [4.69, 9.17) is 4.74 Å². The minimum Gasteiger partial charge on any atom is -0.495 e. The maximum absolute atomic E-state index is 13.0. The first-order chi connectivity index (χ1) is 13.7. The van der Waals surface area contributed by atoms with Gasteiger partial charge in [0.25, 0.3) is 5.91 Å². The lowest BCUT2D eigenvalue weighted by Gasteiger charge is -2.32. The van der Waals surface area contributed by atoms with Crippen molar-refractivity contribution in [2.24, 2.45) is 0 Å². The molecular formula is C22H28N2O4S. The van der Waals surface area contributed by atoms with Gasteiger partial charge in [0.15, 0.2) is 0 Å². The molecule has 0 bridgehead atoms. The molecule has 2 aromatic carbocycles. The molecule has 7 heteroatoms. The third-order valence-corrected chi connectivity index (χ3v) is 7.09. The first kappa shape index (κ1) is 21.3. The molecular weight excluding hydrogens is 388 g/mol. The van der Waals surface area contributed by atoms with Gasteiger partial charge in [0, 0.05) is 24.7 Å². The zero-order valence-electron chi connectivity index (χ0n) is 17.4. The number of aryl methyl sites for hydroxylation is 3. The summed E-state index contributed by atoms with van der Waals surface area (Å²) in [6, 6.07) is 10.7. The predicted octanol–water partition coefficient (Wildman–Crippen LogP) is 3.20. The van der Waals surface area contributed by atoms with Crippen LogP contribution >= 0.6 is 0 Å². The van der Waals surface area contributed by atoms with Crippen LogP contribution in [-0.2, 0) is 10.0 Å². The van der Waals surface area contributed by atoms with Crippen molar-refractivity contribution >= 4 is 15.9 Å². The van der Waals surface area contributed by atoms with Crippen LogP contribution in [-0.4, -0.2) is 45.5 Å². The summed E-state index contributed by atoms with van der Waals surface area (Å²) in [7, 11) is -2.25. The number of carbonyl (C=O) groups excluding carboxylic acids is 1. The second-order valence-electron chi connectivity index (χ2n) is 7.59. The molecule has 1 heterocycles. The number of hydrogen-bond donors (Lipinski definition) is 1. The number of piperidine rings is 1. The topological polar surface area (TPSA) is 75.7 Å². The van der Waals surface area contributed by atoms with Crippen molar-refractivity contribution < 1.29 is 17.9 Å². The number of sulfonamides is 1. The van der Waals surface area contributed by atoms with Crippen LogP contribution < -0.4 is 9.46 Å². The molecule has 1 aliphatic heterocycles. The Morgan fingerprint density at radius 3 is 2.28 bits per heavy atom. The van der Waals surface area contributed by atoms with E-state index in [1.54, 1.807) is 17.0 Å². The molecule has 29 heavy (non-hydrogen) atoms. The Morgan fingerprint density at radius 2 is 1.66 bits per heavy atom. The summed E-state index contributed by atoms with van der Waals surface area (Å²) in [6.07, 6.45) is 1.15. The predicted molar refractivity (Wildman–Crippen MR) is 113 cm³/mol. The highest BCUT2D eigenvalue weighted by atomic mass is 32.2. The number of rotatable bonds is 5. The second-order valence-corrected chi connectivity index (χ2v) is 9.27. The van der Waals surface area contributed by atoms with Gasteiger partial charge in [0.1, 0.15) is 10.6 Å². The molecule has 0 aliphatic carbocycles. The van der Waals surface area contributed by atoms with Gasteiger partial charge in [0.05, 0.1) is 7.11 Å². The van der Waals surface area contributed by atoms with Crippen molar-refractivity contribution in [1.82, 2.24) is 9.62 Å². The number of nitrogens with one attached hydrogen (secondary N) is 1. The Balaban J connectivity index is 1.68. The average molecular weight is 417 g/mol. The van der Waals surface area contributed by atoms with E-state index in [1.807, 2.05) is 45.0 Å². The van der Waals surface area contributed by atoms with E-state index in [-0.39, 0.29) is 16.8 Å². The molecule has 1 aliphatic rings. The quantitative estimate of drug-likeness (QED) is 0.812. The molecule has 1 amide bonds. The third-order valence-electron chi connectivity index (χ3n) is 5.55. The Labute approximate surface area is 172 Å². The molecule has 0 atom stereocenters. The molecule has 156 valence electrons. The zero-order valence-corrected chi connectivity index (χ0v) is 18.2. The normalized spacial score (nSPS) is 15.4. The lowest BCUT2D eigenvalue weighted by Crippen LogP contribution is -2.46. The number of nitrogens with zero attached hydrogens (tertiary/aromatic N) is 1. The Hall–Kier alpha value is -2.38. The molecule has 3 rings (SSSR count). The summed E-state index contributed by atoms with van der Waals surface area (Å²) in [6.45, 7) is 6.76. The largest absolute Gasteiger partial charge is 0.495 e. The number of ether oxygens (including phenoxy) is 1. The molecule has 0 spiro atoms. The summed E-state index contributed by atoms with van der Waals surface area (Å²) in [5.41, 5.74) is 3.52. The minimum absolute atomic E-state index is 0.000218. The Bertz CT molecular complexity index is 1010. The number of amides is 1. The van der Waals surface area contributed by atoms with Crippen LogP contribution in [0.25, 0.3) is 0 Å². The molecule has 0 saturated carbocycles. The fraction of sp³-hybridized carbons (Fsp3) is 0.409. The van der Waals surface area contributed by atoms with Crippen LogP contribution in [0.5, 0.6) is 5.75 Å². The van der Waals surface area contributed by atoms with Gasteiger partial charge in [-0.3, -0.25) is 4.79 Å². The number of benzene rings is 2. The Kier molecular flexibility index (Phi) is 6.29. The minimum atomic E-state index is -3.72. The number of methoxy groups -OCH3 is 1. The fourth-order valence-corrected chi connectivity index (χ4v) is 5.14. The van der Waals surface area contributed by atoms with Crippen LogP contribution in [0.3, 0.4) is 0 Å². The summed E-state index contributed by atoms with van der Waals surface area (Å²) in [4.78, 5) is 14.7. The first-order valence-electron chi connectivity index (χ1n) is 9.75. The molecule has 1 fully saturated rings. The van der Waals surface area contributed by atoms with Crippen LogP contribution in [0.2, 0.25) is 0 Å². The van der Waals surface area contributed by atoms with Crippen molar-refractivity contribution in [3.8, 4) is 5.75 Å². The van der Waals surface area contributed by atoms with Crippen LogP contribution in [0, 0.1) is 20.8 Å². The van der Waals surface area contributed by atoms with Gasteiger partial charge in [-0.25, -0.2) is 13.1 Å². The zero-order chi connectivity index (χ0) is 21.2. The molecule has 2 aromatic rings. The van der Waals surface area contributed by atoms with Gasteiger partial charge < -0.3 is 9.64 Å². The van der Waals surface area contributed by atoms with Gasteiger partial charge in [-0.2, -0.15) is 0 Å². The monoisotopic (exact) mass is 416 g/mol. The standard InChI is InChI=1S/C22H28N2O4S/c1-15-7-5-6-8-19(15)22(25)24-11-9-18(10-12-24)23-29(26,27)21-14-17(3)16(2)13-20(21)28-4/h5-8,13-14,18,23H,9-12H2,1-4H3. The van der Waals surface area contributed by atoms with E-state index in [1.165, 1.54) is 7.11 Å². The molecule has 0 unspecified atom stereocenters. The third kappa shape index (κ3) is 4.62. The average Bonchev–Trinajstić information content (AvgIpc) is 2.69. The molecule has 0 aromatic heterocycles. The summed E-state index contributed by atoms with van der Waals surface area (Å²) in [5.74, 6) is 0.341. The SMILES string of the molecule is COc1cc(C)c(C)cc1S(=O)(=O)NC1CCN(C(=O)c2ccccc2C)CC1. The van der Waals surface area contributed by atoms with E-state index < -0.39 is 10.0 Å². The van der Waals surface area contributed by atoms with Crippen LogP contribution in [0.15, 0.2) is 41.3 Å². The molecule has 0 radical (unpaired) electrons. The van der Waals surface area contributed by atoms with Gasteiger partial charge >= 0.3 is 0 Å². The van der Waals surface area contributed by atoms with Crippen molar-refractivity contribution in [3.63, 3.8) is 0 Å². The lowest BCUT2D eigenvalue weighted by atomic mass is 10.0. The highest BCUT2D eigenvalue weighted by Crippen LogP contribution is 2.28.